The molecule has 3 rings (SSSR count). The summed E-state index contributed by atoms with van der Waals surface area (Å²) in [5.41, 5.74) is -0.991. The molecule has 0 bridgehead atoms. The third-order valence-electron chi connectivity index (χ3n) is 3.47. The van der Waals surface area contributed by atoms with Crippen molar-refractivity contribution in [3.8, 4) is 5.75 Å². The van der Waals surface area contributed by atoms with Crippen molar-refractivity contribution in [2.24, 2.45) is 0 Å². The van der Waals surface area contributed by atoms with Crippen LogP contribution in [0.3, 0.4) is 0 Å². The van der Waals surface area contributed by atoms with Gasteiger partial charge in [-0.25, -0.2) is 13.8 Å². The van der Waals surface area contributed by atoms with E-state index in [0.717, 1.165) is 23.1 Å². The molecule has 0 fully saturated rings. The largest absolute Gasteiger partial charge is 0.491 e. The summed E-state index contributed by atoms with van der Waals surface area (Å²) >= 11 is 12.0. The molecule has 1 heterocycles. The molecule has 28 heavy (non-hydrogen) atoms. The number of carbonyl (C=O) groups is 1. The Bertz CT molecular complexity index is 1090. The van der Waals surface area contributed by atoms with Crippen molar-refractivity contribution in [2.75, 3.05) is 12.4 Å². The lowest BCUT2D eigenvalue weighted by atomic mass is 10.1. The van der Waals surface area contributed by atoms with Gasteiger partial charge in [0.25, 0.3) is 5.91 Å². The minimum atomic E-state index is -1.91. The van der Waals surface area contributed by atoms with Gasteiger partial charge in [0, 0.05) is 0 Å². The quantitative estimate of drug-likeness (QED) is 0.346. The van der Waals surface area contributed by atoms with Crippen molar-refractivity contribution in [1.82, 2.24) is 10.3 Å². The maximum absolute atomic E-state index is 14.0. The highest BCUT2D eigenvalue weighted by molar-refractivity contribution is 7.80. The molecule has 0 aliphatic heterocycles. The predicted molar refractivity (Wildman–Crippen MR) is 101 cm³/mol. The fraction of sp³-hybridized carbons (Fsp3) is 0.0625. The fourth-order valence-electron chi connectivity index (χ4n) is 2.25. The minimum absolute atomic E-state index is 0.237. The van der Waals surface area contributed by atoms with Gasteiger partial charge in [-0.2, -0.15) is 8.78 Å². The third kappa shape index (κ3) is 3.60. The SMILES string of the molecule is COc1c(F)c(F)c(C(=O)NC(=S)Nc2nc3c(Cl)cccc3s2)c(F)c1F. The molecule has 2 aromatic carbocycles. The average molecular weight is 450 g/mol. The van der Waals surface area contributed by atoms with Gasteiger partial charge in [-0.15, -0.1) is 0 Å². The number of halogens is 5. The fourth-order valence-corrected chi connectivity index (χ4v) is 3.68. The van der Waals surface area contributed by atoms with Crippen molar-refractivity contribution in [2.45, 2.75) is 0 Å². The van der Waals surface area contributed by atoms with E-state index in [-0.39, 0.29) is 5.13 Å². The molecule has 0 radical (unpaired) electrons. The number of ether oxygens (including phenoxy) is 1. The molecule has 2 N–H and O–H groups in total. The molecule has 0 aliphatic rings. The number of hydrogen-bond acceptors (Lipinski definition) is 5. The normalized spacial score (nSPS) is 10.8. The minimum Gasteiger partial charge on any atom is -0.491 e. The average Bonchev–Trinajstić information content (AvgIpc) is 3.04. The number of carbonyl (C=O) groups excluding carboxylic acids is 1. The zero-order valence-corrected chi connectivity index (χ0v) is 16.1. The van der Waals surface area contributed by atoms with E-state index < -0.39 is 45.6 Å². The van der Waals surface area contributed by atoms with Gasteiger partial charge in [0.2, 0.25) is 11.6 Å². The highest BCUT2D eigenvalue weighted by atomic mass is 35.5. The lowest BCUT2D eigenvalue weighted by molar-refractivity contribution is 0.0966. The number of nitrogens with one attached hydrogen (secondary N) is 2. The van der Waals surface area contributed by atoms with Gasteiger partial charge in [-0.1, -0.05) is 29.0 Å². The number of nitrogens with zero attached hydrogens (tertiary/aromatic N) is 1. The predicted octanol–water partition coefficient (Wildman–Crippen LogP) is 4.64. The summed E-state index contributed by atoms with van der Waals surface area (Å²) in [6.45, 7) is 0. The number of thiocarbonyl (C=S) groups is 1. The summed E-state index contributed by atoms with van der Waals surface area (Å²) in [7, 11) is 0.823. The molecule has 0 spiro atoms. The van der Waals surface area contributed by atoms with Gasteiger partial charge >= 0.3 is 0 Å². The first-order chi connectivity index (χ1) is 13.2. The van der Waals surface area contributed by atoms with Gasteiger partial charge in [0.1, 0.15) is 11.1 Å². The Morgan fingerprint density at radius 1 is 1.18 bits per heavy atom. The van der Waals surface area contributed by atoms with Crippen LogP contribution in [0.15, 0.2) is 18.2 Å². The Kier molecular flexibility index (Phi) is 5.68. The number of rotatable bonds is 3. The molecule has 0 aliphatic carbocycles. The highest BCUT2D eigenvalue weighted by Gasteiger charge is 2.30. The zero-order chi connectivity index (χ0) is 20.6. The Morgan fingerprint density at radius 3 is 2.39 bits per heavy atom. The van der Waals surface area contributed by atoms with Crippen molar-refractivity contribution in [3.63, 3.8) is 0 Å². The Morgan fingerprint density at radius 2 is 1.82 bits per heavy atom. The van der Waals surface area contributed by atoms with Crippen LogP contribution in [0.5, 0.6) is 5.75 Å². The van der Waals surface area contributed by atoms with E-state index in [2.05, 4.69) is 15.0 Å². The molecular formula is C16H8ClF4N3O2S2. The lowest BCUT2D eigenvalue weighted by Crippen LogP contribution is -2.35. The van der Waals surface area contributed by atoms with E-state index in [1.165, 1.54) is 0 Å². The van der Waals surface area contributed by atoms with Gasteiger partial charge in [0.05, 0.1) is 16.8 Å². The van der Waals surface area contributed by atoms with Crippen LogP contribution >= 0.6 is 35.2 Å². The summed E-state index contributed by atoms with van der Waals surface area (Å²) in [5, 5.41) is 4.72. The van der Waals surface area contributed by atoms with E-state index in [1.807, 2.05) is 5.32 Å². The number of hydrogen-bond donors (Lipinski definition) is 2. The molecule has 5 nitrogen and oxygen atoms in total. The molecule has 146 valence electrons. The van der Waals surface area contributed by atoms with Crippen LogP contribution in [0.25, 0.3) is 10.2 Å². The second-order valence-electron chi connectivity index (χ2n) is 5.18. The highest BCUT2D eigenvalue weighted by Crippen LogP contribution is 2.31. The lowest BCUT2D eigenvalue weighted by Gasteiger charge is -2.11. The van der Waals surface area contributed by atoms with Crippen LogP contribution in [0.4, 0.5) is 22.7 Å². The van der Waals surface area contributed by atoms with Crippen LogP contribution in [-0.2, 0) is 0 Å². The molecule has 0 atom stereocenters. The number of fused-ring (bicyclic) bond motifs is 1. The van der Waals surface area contributed by atoms with Crippen molar-refractivity contribution < 1.29 is 27.1 Å². The van der Waals surface area contributed by atoms with Crippen molar-refractivity contribution in [3.05, 3.63) is 52.1 Å². The number of benzene rings is 2. The molecule has 1 aromatic heterocycles. The zero-order valence-electron chi connectivity index (χ0n) is 13.7. The van der Waals surface area contributed by atoms with Crippen LogP contribution in [0.2, 0.25) is 5.02 Å². The second kappa shape index (κ2) is 7.86. The number of para-hydroxylation sites is 1. The van der Waals surface area contributed by atoms with Gasteiger partial charge in [0.15, 0.2) is 27.6 Å². The maximum atomic E-state index is 14.0. The first-order valence-electron chi connectivity index (χ1n) is 7.32. The second-order valence-corrected chi connectivity index (χ2v) is 7.02. The monoisotopic (exact) mass is 449 g/mol. The molecule has 1 amide bonds. The van der Waals surface area contributed by atoms with E-state index in [0.29, 0.717) is 10.5 Å². The van der Waals surface area contributed by atoms with Crippen LogP contribution in [-0.4, -0.2) is 23.1 Å². The standard InChI is InChI=1S/C16H8ClF4N3O2S2/c1-26-13-10(20)8(18)7(9(19)11(13)21)14(25)23-15(27)24-16-22-12-5(17)3-2-4-6(12)28-16/h2-4H,1H3,(H2,22,23,24,25,27). The summed E-state index contributed by atoms with van der Waals surface area (Å²) in [5.74, 6) is -10.3. The van der Waals surface area contributed by atoms with Crippen LogP contribution in [0.1, 0.15) is 10.4 Å². The molecule has 12 heteroatoms. The number of methoxy groups -OCH3 is 1. The molecule has 0 saturated carbocycles. The molecule has 0 saturated heterocycles. The van der Waals surface area contributed by atoms with E-state index in [9.17, 15) is 22.4 Å². The van der Waals surface area contributed by atoms with E-state index >= 15 is 0 Å². The Labute approximate surface area is 169 Å². The number of amides is 1. The van der Waals surface area contributed by atoms with Crippen LogP contribution in [0, 0.1) is 23.3 Å². The summed E-state index contributed by atoms with van der Waals surface area (Å²) in [6.07, 6.45) is 0. The Hall–Kier alpha value is -2.50. The number of aromatic nitrogens is 1. The van der Waals surface area contributed by atoms with Gasteiger partial charge < -0.3 is 10.1 Å². The maximum Gasteiger partial charge on any atom is 0.263 e. The molecule has 3 aromatic rings. The van der Waals surface area contributed by atoms with Crippen molar-refractivity contribution in [1.29, 1.82) is 0 Å². The number of thiazole rings is 1. The van der Waals surface area contributed by atoms with E-state index in [4.69, 9.17) is 23.8 Å². The van der Waals surface area contributed by atoms with Crippen molar-refractivity contribution >= 4 is 61.5 Å². The van der Waals surface area contributed by atoms with Gasteiger partial charge in [-0.3, -0.25) is 10.1 Å². The third-order valence-corrected chi connectivity index (χ3v) is 4.92. The van der Waals surface area contributed by atoms with Gasteiger partial charge in [-0.05, 0) is 24.4 Å². The Balaban J connectivity index is 1.83. The smallest absolute Gasteiger partial charge is 0.263 e. The topological polar surface area (TPSA) is 63.2 Å². The van der Waals surface area contributed by atoms with Crippen LogP contribution < -0.4 is 15.4 Å². The molecular weight excluding hydrogens is 442 g/mol. The molecule has 0 unspecified atom stereocenters. The van der Waals surface area contributed by atoms with E-state index in [1.54, 1.807) is 18.2 Å². The summed E-state index contributed by atoms with van der Waals surface area (Å²) < 4.78 is 60.5. The first kappa shape index (κ1) is 20.2. The number of anilines is 1. The first-order valence-corrected chi connectivity index (χ1v) is 8.92. The summed E-state index contributed by atoms with van der Waals surface area (Å²) in [6, 6.07) is 5.09. The summed E-state index contributed by atoms with van der Waals surface area (Å²) in [4.78, 5) is 16.3.